The Morgan fingerprint density at radius 2 is 1.71 bits per heavy atom. The van der Waals surface area contributed by atoms with Crippen LogP contribution in [0.1, 0.15) is 59.3 Å². The first-order valence-corrected chi connectivity index (χ1v) is 6.66. The van der Waals surface area contributed by atoms with E-state index in [9.17, 15) is 9.59 Å². The van der Waals surface area contributed by atoms with Crippen LogP contribution in [-0.2, 0) is 9.59 Å². The van der Waals surface area contributed by atoms with Gasteiger partial charge in [0.1, 0.15) is 0 Å². The summed E-state index contributed by atoms with van der Waals surface area (Å²) >= 11 is 0. The molecule has 1 spiro atoms. The molecular formula is C14H23NO2. The van der Waals surface area contributed by atoms with Crippen molar-refractivity contribution >= 4 is 11.8 Å². The molecule has 1 aliphatic heterocycles. The monoisotopic (exact) mass is 237 g/mol. The third kappa shape index (κ3) is 2.38. The van der Waals surface area contributed by atoms with Crippen LogP contribution in [0.5, 0.6) is 0 Å². The number of hydrogen-bond donors (Lipinski definition) is 1. The standard InChI is InChI=1S/C14H23NO2/c1-13(2,3)10-6-4-5-7-14(10)8-11(16)15-12(17)9-14/h10H,4-9H2,1-3H3,(H,15,16,17). The summed E-state index contributed by atoms with van der Waals surface area (Å²) in [5, 5.41) is 2.44. The third-order valence-electron chi connectivity index (χ3n) is 4.51. The zero-order valence-electron chi connectivity index (χ0n) is 11.1. The lowest BCUT2D eigenvalue weighted by molar-refractivity contribution is -0.143. The maximum atomic E-state index is 11.7. The number of carbonyl (C=O) groups is 2. The molecule has 1 aliphatic carbocycles. The highest BCUT2D eigenvalue weighted by Crippen LogP contribution is 2.54. The molecule has 0 radical (unpaired) electrons. The van der Waals surface area contributed by atoms with E-state index in [1.54, 1.807) is 0 Å². The summed E-state index contributed by atoms with van der Waals surface area (Å²) in [6, 6.07) is 0. The Kier molecular flexibility index (Phi) is 3.04. The predicted octanol–water partition coefficient (Wildman–Crippen LogP) is 2.65. The summed E-state index contributed by atoms with van der Waals surface area (Å²) in [7, 11) is 0. The number of carbonyl (C=O) groups excluding carboxylic acids is 2. The molecule has 0 aromatic carbocycles. The largest absolute Gasteiger partial charge is 0.296 e. The lowest BCUT2D eigenvalue weighted by Gasteiger charge is -2.51. The van der Waals surface area contributed by atoms with Crippen molar-refractivity contribution in [2.75, 3.05) is 0 Å². The Morgan fingerprint density at radius 1 is 1.12 bits per heavy atom. The summed E-state index contributed by atoms with van der Waals surface area (Å²) in [6.45, 7) is 6.71. The molecule has 1 N–H and O–H groups in total. The van der Waals surface area contributed by atoms with E-state index in [4.69, 9.17) is 0 Å². The normalized spacial score (nSPS) is 29.2. The van der Waals surface area contributed by atoms with E-state index >= 15 is 0 Å². The Morgan fingerprint density at radius 3 is 2.24 bits per heavy atom. The van der Waals surface area contributed by atoms with Crippen molar-refractivity contribution in [1.29, 1.82) is 0 Å². The quantitative estimate of drug-likeness (QED) is 0.658. The van der Waals surface area contributed by atoms with Gasteiger partial charge >= 0.3 is 0 Å². The number of rotatable bonds is 0. The van der Waals surface area contributed by atoms with Crippen LogP contribution in [0.4, 0.5) is 0 Å². The zero-order chi connectivity index (χ0) is 12.7. The lowest BCUT2D eigenvalue weighted by atomic mass is 9.54. The van der Waals surface area contributed by atoms with Gasteiger partial charge < -0.3 is 0 Å². The molecule has 1 heterocycles. The summed E-state index contributed by atoms with van der Waals surface area (Å²) in [5.74, 6) is 0.341. The van der Waals surface area contributed by atoms with E-state index in [1.165, 1.54) is 6.42 Å². The topological polar surface area (TPSA) is 46.2 Å². The molecule has 0 aromatic rings. The molecule has 0 bridgehead atoms. The fourth-order valence-corrected chi connectivity index (χ4v) is 4.03. The molecule has 1 unspecified atom stereocenters. The van der Waals surface area contributed by atoms with Crippen molar-refractivity contribution in [1.82, 2.24) is 5.32 Å². The third-order valence-corrected chi connectivity index (χ3v) is 4.51. The van der Waals surface area contributed by atoms with E-state index in [1.807, 2.05) is 0 Å². The van der Waals surface area contributed by atoms with Crippen LogP contribution in [-0.4, -0.2) is 11.8 Å². The molecule has 1 saturated carbocycles. The van der Waals surface area contributed by atoms with Crippen LogP contribution >= 0.6 is 0 Å². The average Bonchev–Trinajstić information content (AvgIpc) is 2.13. The van der Waals surface area contributed by atoms with Crippen LogP contribution in [0.2, 0.25) is 0 Å². The van der Waals surface area contributed by atoms with Crippen molar-refractivity contribution in [2.45, 2.75) is 59.3 Å². The molecule has 2 amide bonds. The number of nitrogens with one attached hydrogen (secondary N) is 1. The summed E-state index contributed by atoms with van der Waals surface area (Å²) in [5.41, 5.74) is 0.119. The van der Waals surface area contributed by atoms with E-state index in [0.29, 0.717) is 18.8 Å². The Hall–Kier alpha value is -0.860. The molecule has 3 nitrogen and oxygen atoms in total. The van der Waals surface area contributed by atoms with Crippen molar-refractivity contribution in [3.63, 3.8) is 0 Å². The fraction of sp³-hybridized carbons (Fsp3) is 0.857. The van der Waals surface area contributed by atoms with E-state index in [-0.39, 0.29) is 22.6 Å². The van der Waals surface area contributed by atoms with Crippen molar-refractivity contribution in [2.24, 2.45) is 16.7 Å². The minimum Gasteiger partial charge on any atom is -0.296 e. The van der Waals surface area contributed by atoms with Gasteiger partial charge in [0, 0.05) is 12.8 Å². The van der Waals surface area contributed by atoms with Gasteiger partial charge in [0.05, 0.1) is 0 Å². The molecule has 1 saturated heterocycles. The SMILES string of the molecule is CC(C)(C)C1CCCCC12CC(=O)NC(=O)C2. The van der Waals surface area contributed by atoms with Gasteiger partial charge in [-0.1, -0.05) is 33.6 Å². The van der Waals surface area contributed by atoms with Gasteiger partial charge in [-0.15, -0.1) is 0 Å². The molecule has 1 atom stereocenters. The highest BCUT2D eigenvalue weighted by Gasteiger charge is 2.50. The second kappa shape index (κ2) is 4.11. The van der Waals surface area contributed by atoms with Gasteiger partial charge in [-0.25, -0.2) is 0 Å². The highest BCUT2D eigenvalue weighted by atomic mass is 16.2. The van der Waals surface area contributed by atoms with Crippen LogP contribution in [0.15, 0.2) is 0 Å². The van der Waals surface area contributed by atoms with Crippen molar-refractivity contribution < 1.29 is 9.59 Å². The second-order valence-electron chi connectivity index (χ2n) is 6.85. The second-order valence-corrected chi connectivity index (χ2v) is 6.85. The Bertz CT molecular complexity index is 325. The molecule has 2 fully saturated rings. The van der Waals surface area contributed by atoms with Crippen LogP contribution < -0.4 is 5.32 Å². The summed E-state index contributed by atoms with van der Waals surface area (Å²) < 4.78 is 0. The number of piperidine rings is 1. The van der Waals surface area contributed by atoms with Gasteiger partial charge in [0.15, 0.2) is 0 Å². The fourth-order valence-electron chi connectivity index (χ4n) is 4.03. The van der Waals surface area contributed by atoms with Crippen LogP contribution in [0.3, 0.4) is 0 Å². The first kappa shape index (κ1) is 12.6. The molecular weight excluding hydrogens is 214 g/mol. The van der Waals surface area contributed by atoms with E-state index < -0.39 is 0 Å². The summed E-state index contributed by atoms with van der Waals surface area (Å²) in [6.07, 6.45) is 5.67. The smallest absolute Gasteiger partial charge is 0.227 e. The first-order valence-electron chi connectivity index (χ1n) is 6.66. The van der Waals surface area contributed by atoms with E-state index in [0.717, 1.165) is 19.3 Å². The van der Waals surface area contributed by atoms with Gasteiger partial charge in [-0.3, -0.25) is 14.9 Å². The first-order chi connectivity index (χ1) is 7.83. The summed E-state index contributed by atoms with van der Waals surface area (Å²) in [4.78, 5) is 23.4. The number of amides is 2. The molecule has 96 valence electrons. The maximum absolute atomic E-state index is 11.7. The lowest BCUT2D eigenvalue weighted by Crippen LogP contribution is -2.52. The zero-order valence-corrected chi connectivity index (χ0v) is 11.1. The number of imide groups is 1. The highest BCUT2D eigenvalue weighted by molar-refractivity contribution is 5.98. The van der Waals surface area contributed by atoms with Crippen LogP contribution in [0, 0.1) is 16.7 Å². The average molecular weight is 237 g/mol. The number of hydrogen-bond acceptors (Lipinski definition) is 2. The van der Waals surface area contributed by atoms with Gasteiger partial charge in [-0.2, -0.15) is 0 Å². The maximum Gasteiger partial charge on any atom is 0.227 e. The Balaban J connectivity index is 2.30. The molecule has 17 heavy (non-hydrogen) atoms. The molecule has 2 rings (SSSR count). The van der Waals surface area contributed by atoms with Gasteiger partial charge in [0.2, 0.25) is 11.8 Å². The molecule has 0 aromatic heterocycles. The van der Waals surface area contributed by atoms with Gasteiger partial charge in [-0.05, 0) is 29.6 Å². The van der Waals surface area contributed by atoms with Crippen LogP contribution in [0.25, 0.3) is 0 Å². The van der Waals surface area contributed by atoms with Crippen molar-refractivity contribution in [3.8, 4) is 0 Å². The van der Waals surface area contributed by atoms with Gasteiger partial charge in [0.25, 0.3) is 0 Å². The molecule has 3 heteroatoms. The predicted molar refractivity (Wildman–Crippen MR) is 66.2 cm³/mol. The van der Waals surface area contributed by atoms with Crippen molar-refractivity contribution in [3.05, 3.63) is 0 Å². The minimum atomic E-state index is -0.0719. The molecule has 2 aliphatic rings. The minimum absolute atomic E-state index is 0.0596. The Labute approximate surface area is 103 Å². The van der Waals surface area contributed by atoms with E-state index in [2.05, 4.69) is 26.1 Å².